The monoisotopic (exact) mass is 559 g/mol. The quantitative estimate of drug-likeness (QED) is 0.221. The van der Waals surface area contributed by atoms with Gasteiger partial charge in [-0.2, -0.15) is 0 Å². The molecule has 0 atom stereocenters. The number of fused-ring (bicyclic) bond motifs is 2. The predicted octanol–water partition coefficient (Wildman–Crippen LogP) is 8.86. The largest absolute Gasteiger partial charge is 0.497 e. The molecule has 1 aliphatic rings. The van der Waals surface area contributed by atoms with Gasteiger partial charge in [-0.25, -0.2) is 14.8 Å². The fourth-order valence-electron chi connectivity index (χ4n) is 6.07. The van der Waals surface area contributed by atoms with E-state index in [0.29, 0.717) is 6.04 Å². The number of carboxylic acid groups (broad SMARTS) is 1. The van der Waals surface area contributed by atoms with Crippen LogP contribution in [0.1, 0.15) is 48.5 Å². The molecule has 1 saturated carbocycles. The molecule has 41 heavy (non-hydrogen) atoms. The average Bonchev–Trinajstić information content (AvgIpc) is 3.69. The second-order valence-electron chi connectivity index (χ2n) is 10.6. The van der Waals surface area contributed by atoms with E-state index in [1.165, 1.54) is 24.1 Å². The molecule has 1 aliphatic carbocycles. The third-order valence-electron chi connectivity index (χ3n) is 8.11. The molecule has 0 bridgehead atoms. The molecular formula is C34H29N3O3S. The number of aromatic carboxylic acids is 1. The summed E-state index contributed by atoms with van der Waals surface area (Å²) in [5, 5.41) is 12.7. The number of ether oxygens (including phenoxy) is 1. The van der Waals surface area contributed by atoms with Crippen LogP contribution in [0.15, 0.2) is 84.2 Å². The first-order valence-corrected chi connectivity index (χ1v) is 14.9. The van der Waals surface area contributed by atoms with Crippen LogP contribution in [0.4, 0.5) is 0 Å². The van der Waals surface area contributed by atoms with Gasteiger partial charge in [0.05, 0.1) is 34.9 Å². The molecule has 0 spiro atoms. The molecule has 0 amide bonds. The lowest BCUT2D eigenvalue weighted by molar-refractivity contribution is 0.0697. The highest BCUT2D eigenvalue weighted by Gasteiger charge is 2.23. The zero-order chi connectivity index (χ0) is 27.9. The van der Waals surface area contributed by atoms with Crippen molar-refractivity contribution >= 4 is 39.2 Å². The summed E-state index contributed by atoms with van der Waals surface area (Å²) in [5.74, 6) is 0.741. The summed E-state index contributed by atoms with van der Waals surface area (Å²) < 4.78 is 7.88. The second kappa shape index (κ2) is 10.5. The van der Waals surface area contributed by atoms with Crippen LogP contribution in [0.3, 0.4) is 0 Å². The highest BCUT2D eigenvalue weighted by atomic mass is 32.1. The van der Waals surface area contributed by atoms with E-state index < -0.39 is 5.97 Å². The van der Waals surface area contributed by atoms with E-state index in [1.54, 1.807) is 30.6 Å². The van der Waals surface area contributed by atoms with Gasteiger partial charge in [0.1, 0.15) is 11.6 Å². The van der Waals surface area contributed by atoms with Gasteiger partial charge < -0.3 is 14.4 Å². The number of pyridine rings is 1. The van der Waals surface area contributed by atoms with Crippen molar-refractivity contribution in [1.82, 2.24) is 14.5 Å². The summed E-state index contributed by atoms with van der Waals surface area (Å²) in [6.07, 6.45) is 5.85. The SMILES string of the molecule is COc1ccc(-c2cccs2)c(-c2ccc3cc(-c4nc5cc(C(=O)O)ccc5n4C4CCCCC4)ccc3n2)c1. The van der Waals surface area contributed by atoms with Crippen molar-refractivity contribution < 1.29 is 14.6 Å². The average molecular weight is 560 g/mol. The van der Waals surface area contributed by atoms with Crippen molar-refractivity contribution in [3.05, 3.63) is 89.8 Å². The van der Waals surface area contributed by atoms with Crippen LogP contribution in [0.2, 0.25) is 0 Å². The number of carbonyl (C=O) groups is 1. The first-order valence-electron chi connectivity index (χ1n) is 14.0. The van der Waals surface area contributed by atoms with Gasteiger partial charge in [-0.05, 0) is 85.0 Å². The van der Waals surface area contributed by atoms with Crippen molar-refractivity contribution in [2.75, 3.05) is 7.11 Å². The smallest absolute Gasteiger partial charge is 0.335 e. The molecule has 3 heterocycles. The van der Waals surface area contributed by atoms with Crippen molar-refractivity contribution in [3.8, 4) is 38.8 Å². The van der Waals surface area contributed by atoms with Crippen LogP contribution in [0.25, 0.3) is 55.0 Å². The minimum absolute atomic E-state index is 0.257. The number of nitrogens with zero attached hydrogens (tertiary/aromatic N) is 3. The Bertz CT molecular complexity index is 1900. The molecule has 3 aromatic heterocycles. The fraction of sp³-hybridized carbons (Fsp3) is 0.206. The Hall–Kier alpha value is -4.49. The van der Waals surface area contributed by atoms with Gasteiger partial charge in [-0.15, -0.1) is 11.3 Å². The predicted molar refractivity (Wildman–Crippen MR) is 165 cm³/mol. The number of thiophene rings is 1. The summed E-state index contributed by atoms with van der Waals surface area (Å²) in [4.78, 5) is 22.9. The number of hydrogen-bond acceptors (Lipinski definition) is 5. The Balaban J connectivity index is 1.34. The molecule has 3 aromatic carbocycles. The molecule has 0 aliphatic heterocycles. The van der Waals surface area contributed by atoms with Gasteiger partial charge in [-0.1, -0.05) is 31.4 Å². The number of imidazole rings is 1. The minimum Gasteiger partial charge on any atom is -0.497 e. The summed E-state index contributed by atoms with van der Waals surface area (Å²) in [5.41, 5.74) is 6.93. The molecule has 1 fully saturated rings. The standard InChI is InChI=1S/C34H29N3O3S/c1-40-25-12-13-26(32-8-5-17-41-32)27(20-25)29-15-9-21-18-22(10-14-28(21)35-29)33-36-30-19-23(34(38)39)11-16-31(30)37(33)24-6-3-2-4-7-24/h5,8-20,24H,2-4,6-7H2,1H3,(H,38,39). The van der Waals surface area contributed by atoms with Crippen molar-refractivity contribution in [2.24, 2.45) is 0 Å². The Morgan fingerprint density at radius 2 is 1.78 bits per heavy atom. The fourth-order valence-corrected chi connectivity index (χ4v) is 6.83. The molecule has 0 saturated heterocycles. The van der Waals surface area contributed by atoms with E-state index in [1.807, 2.05) is 12.1 Å². The van der Waals surface area contributed by atoms with E-state index in [0.717, 1.165) is 68.7 Å². The van der Waals surface area contributed by atoms with E-state index in [4.69, 9.17) is 14.7 Å². The van der Waals surface area contributed by atoms with Gasteiger partial charge in [0.2, 0.25) is 0 Å². The minimum atomic E-state index is -0.938. The van der Waals surface area contributed by atoms with Gasteiger partial charge in [0.25, 0.3) is 0 Å². The maximum absolute atomic E-state index is 11.7. The topological polar surface area (TPSA) is 77.2 Å². The van der Waals surface area contributed by atoms with Crippen LogP contribution in [-0.4, -0.2) is 32.7 Å². The third kappa shape index (κ3) is 4.66. The highest BCUT2D eigenvalue weighted by Crippen LogP contribution is 2.39. The highest BCUT2D eigenvalue weighted by molar-refractivity contribution is 7.13. The lowest BCUT2D eigenvalue weighted by Gasteiger charge is -2.25. The van der Waals surface area contributed by atoms with Crippen molar-refractivity contribution in [1.29, 1.82) is 0 Å². The lowest BCUT2D eigenvalue weighted by atomic mass is 9.94. The van der Waals surface area contributed by atoms with E-state index in [-0.39, 0.29) is 5.56 Å². The third-order valence-corrected chi connectivity index (χ3v) is 9.02. The van der Waals surface area contributed by atoms with Crippen LogP contribution >= 0.6 is 11.3 Å². The second-order valence-corrected chi connectivity index (χ2v) is 11.5. The molecule has 0 unspecified atom stereocenters. The summed E-state index contributed by atoms with van der Waals surface area (Å²) in [6.45, 7) is 0. The molecule has 6 aromatic rings. The first kappa shape index (κ1) is 25.5. The van der Waals surface area contributed by atoms with Gasteiger partial charge >= 0.3 is 5.97 Å². The van der Waals surface area contributed by atoms with Crippen LogP contribution in [-0.2, 0) is 0 Å². The normalized spacial score (nSPS) is 14.1. The molecule has 6 nitrogen and oxygen atoms in total. The van der Waals surface area contributed by atoms with Gasteiger partial charge in [0.15, 0.2) is 0 Å². The van der Waals surface area contributed by atoms with Crippen LogP contribution < -0.4 is 4.74 Å². The number of carboxylic acids is 1. The van der Waals surface area contributed by atoms with Crippen molar-refractivity contribution in [2.45, 2.75) is 38.1 Å². The van der Waals surface area contributed by atoms with Gasteiger partial charge in [0, 0.05) is 33.0 Å². The molecule has 1 N–H and O–H groups in total. The van der Waals surface area contributed by atoms with E-state index in [2.05, 4.69) is 64.5 Å². The van der Waals surface area contributed by atoms with Crippen LogP contribution in [0, 0.1) is 0 Å². The molecule has 0 radical (unpaired) electrons. The summed E-state index contributed by atoms with van der Waals surface area (Å²) in [6, 6.07) is 26.5. The summed E-state index contributed by atoms with van der Waals surface area (Å²) in [7, 11) is 1.68. The molecule has 7 rings (SSSR count). The number of rotatable bonds is 6. The number of hydrogen-bond donors (Lipinski definition) is 1. The zero-order valence-corrected chi connectivity index (χ0v) is 23.5. The Labute approximate surface area is 241 Å². The Morgan fingerprint density at radius 3 is 2.56 bits per heavy atom. The Morgan fingerprint density at radius 1 is 0.902 bits per heavy atom. The number of methoxy groups -OCH3 is 1. The number of benzene rings is 3. The van der Waals surface area contributed by atoms with E-state index >= 15 is 0 Å². The first-order chi connectivity index (χ1) is 20.1. The lowest BCUT2D eigenvalue weighted by Crippen LogP contribution is -2.14. The maximum Gasteiger partial charge on any atom is 0.335 e. The number of aromatic nitrogens is 3. The molecule has 7 heteroatoms. The zero-order valence-electron chi connectivity index (χ0n) is 22.7. The van der Waals surface area contributed by atoms with Gasteiger partial charge in [-0.3, -0.25) is 0 Å². The Kier molecular flexibility index (Phi) is 6.51. The maximum atomic E-state index is 11.7. The van der Waals surface area contributed by atoms with Crippen molar-refractivity contribution in [3.63, 3.8) is 0 Å². The molecular weight excluding hydrogens is 530 g/mol. The molecule has 204 valence electrons. The summed E-state index contributed by atoms with van der Waals surface area (Å²) >= 11 is 1.71. The van der Waals surface area contributed by atoms with Crippen LogP contribution in [0.5, 0.6) is 5.75 Å². The van der Waals surface area contributed by atoms with E-state index in [9.17, 15) is 9.90 Å².